The molecule has 0 radical (unpaired) electrons. The molecule has 3 aromatic carbocycles. The molecule has 0 spiro atoms. The predicted octanol–water partition coefficient (Wildman–Crippen LogP) is 6.08. The highest BCUT2D eigenvalue weighted by molar-refractivity contribution is 6.07. The van der Waals surface area contributed by atoms with Gasteiger partial charge in [0.05, 0.1) is 16.8 Å². The number of benzene rings is 3. The summed E-state index contributed by atoms with van der Waals surface area (Å²) in [5.41, 5.74) is 8.02. The fraction of sp³-hybridized carbons (Fsp3) is 0.115. The number of carbonyl (C=O) groups is 1. The van der Waals surface area contributed by atoms with E-state index in [-0.39, 0.29) is 5.91 Å². The molecule has 0 aliphatic rings. The molecular weight excluding hydrogens is 370 g/mol. The van der Waals surface area contributed by atoms with Gasteiger partial charge in [-0.15, -0.1) is 0 Å². The third-order valence-corrected chi connectivity index (χ3v) is 4.92. The number of aromatic nitrogens is 1. The highest BCUT2D eigenvalue weighted by atomic mass is 16.2. The molecule has 148 valence electrons. The number of carbonyl (C=O) groups excluding carboxylic acids is 1. The van der Waals surface area contributed by atoms with Crippen LogP contribution in [0.15, 0.2) is 90.0 Å². The Balaban J connectivity index is 1.70. The minimum absolute atomic E-state index is 0.233. The molecule has 30 heavy (non-hydrogen) atoms. The van der Waals surface area contributed by atoms with Gasteiger partial charge in [0.2, 0.25) is 0 Å². The van der Waals surface area contributed by atoms with E-state index >= 15 is 0 Å². The standard InChI is InChI=1S/C26H23N3O/c1-2-3-17-27-29-26(30)23-18-25(28-24-12-8-7-11-22(23)24)21-15-13-20(14-16-21)19-9-5-4-6-10-19/h4-18H,2-3H2,1H3,(H,29,30)/b27-17-. The summed E-state index contributed by atoms with van der Waals surface area (Å²) in [6, 6.07) is 28.0. The molecule has 4 rings (SSSR count). The van der Waals surface area contributed by atoms with Crippen molar-refractivity contribution in [1.29, 1.82) is 0 Å². The molecule has 0 atom stereocenters. The lowest BCUT2D eigenvalue weighted by molar-refractivity contribution is 0.0956. The van der Waals surface area contributed by atoms with Crippen molar-refractivity contribution in [3.8, 4) is 22.4 Å². The minimum Gasteiger partial charge on any atom is -0.267 e. The first kappa shape index (κ1) is 19.5. The number of hydrazone groups is 1. The van der Waals surface area contributed by atoms with Gasteiger partial charge in [-0.25, -0.2) is 10.4 Å². The lowest BCUT2D eigenvalue weighted by Gasteiger charge is -2.10. The number of para-hydroxylation sites is 1. The molecule has 4 nitrogen and oxygen atoms in total. The summed E-state index contributed by atoms with van der Waals surface area (Å²) >= 11 is 0. The van der Waals surface area contributed by atoms with Gasteiger partial charge in [0.15, 0.2) is 0 Å². The first-order chi connectivity index (χ1) is 14.8. The van der Waals surface area contributed by atoms with Crippen molar-refractivity contribution in [2.75, 3.05) is 0 Å². The van der Waals surface area contributed by atoms with Crippen LogP contribution in [0.4, 0.5) is 0 Å². The van der Waals surface area contributed by atoms with E-state index < -0.39 is 0 Å². The van der Waals surface area contributed by atoms with Gasteiger partial charge in [-0.05, 0) is 29.7 Å². The molecule has 0 unspecified atom stereocenters. The Bertz CT molecular complexity index is 1180. The average molecular weight is 393 g/mol. The molecule has 1 aromatic heterocycles. The second-order valence-electron chi connectivity index (χ2n) is 7.06. The van der Waals surface area contributed by atoms with Crippen LogP contribution in [-0.2, 0) is 0 Å². The van der Waals surface area contributed by atoms with Crippen LogP contribution in [0.1, 0.15) is 30.1 Å². The molecule has 0 aliphatic heterocycles. The fourth-order valence-electron chi connectivity index (χ4n) is 3.33. The van der Waals surface area contributed by atoms with Crippen LogP contribution < -0.4 is 5.43 Å². The quantitative estimate of drug-likeness (QED) is 0.319. The summed E-state index contributed by atoms with van der Waals surface area (Å²) in [5.74, 6) is -0.233. The van der Waals surface area contributed by atoms with Crippen molar-refractivity contribution >= 4 is 23.0 Å². The third-order valence-electron chi connectivity index (χ3n) is 4.92. The Morgan fingerprint density at radius 2 is 1.57 bits per heavy atom. The highest BCUT2D eigenvalue weighted by Crippen LogP contribution is 2.27. The lowest BCUT2D eigenvalue weighted by atomic mass is 10.0. The number of nitrogens with one attached hydrogen (secondary N) is 1. The molecule has 0 fully saturated rings. The van der Waals surface area contributed by atoms with Crippen molar-refractivity contribution in [3.63, 3.8) is 0 Å². The largest absolute Gasteiger partial charge is 0.272 e. The van der Waals surface area contributed by atoms with Gasteiger partial charge in [-0.3, -0.25) is 4.79 Å². The van der Waals surface area contributed by atoms with E-state index in [1.165, 1.54) is 5.56 Å². The predicted molar refractivity (Wildman–Crippen MR) is 123 cm³/mol. The van der Waals surface area contributed by atoms with Crippen LogP contribution in [-0.4, -0.2) is 17.1 Å². The van der Waals surface area contributed by atoms with E-state index in [1.807, 2.05) is 60.7 Å². The van der Waals surface area contributed by atoms with Crippen LogP contribution in [0.25, 0.3) is 33.3 Å². The summed E-state index contributed by atoms with van der Waals surface area (Å²) in [5, 5.41) is 4.86. The van der Waals surface area contributed by atoms with E-state index in [0.29, 0.717) is 5.56 Å². The number of hydrogen-bond acceptors (Lipinski definition) is 3. The second kappa shape index (κ2) is 9.14. The maximum Gasteiger partial charge on any atom is 0.272 e. The summed E-state index contributed by atoms with van der Waals surface area (Å²) < 4.78 is 0. The van der Waals surface area contributed by atoms with E-state index in [9.17, 15) is 4.79 Å². The van der Waals surface area contributed by atoms with Crippen LogP contribution >= 0.6 is 0 Å². The molecular formula is C26H23N3O. The summed E-state index contributed by atoms with van der Waals surface area (Å²) in [4.78, 5) is 17.6. The number of hydrogen-bond donors (Lipinski definition) is 1. The maximum absolute atomic E-state index is 12.8. The van der Waals surface area contributed by atoms with E-state index in [2.05, 4.69) is 41.7 Å². The van der Waals surface area contributed by atoms with E-state index in [4.69, 9.17) is 4.98 Å². The SMILES string of the molecule is CCC/C=N\NC(=O)c1cc(-c2ccc(-c3ccccc3)cc2)nc2ccccc12. The first-order valence-electron chi connectivity index (χ1n) is 10.1. The van der Waals surface area contributed by atoms with Crippen LogP contribution in [0.3, 0.4) is 0 Å². The zero-order chi connectivity index (χ0) is 20.8. The maximum atomic E-state index is 12.8. The van der Waals surface area contributed by atoms with Crippen molar-refractivity contribution in [3.05, 3.63) is 90.5 Å². The van der Waals surface area contributed by atoms with E-state index in [1.54, 1.807) is 6.21 Å². The molecule has 1 N–H and O–H groups in total. The van der Waals surface area contributed by atoms with Gasteiger partial charge in [0.25, 0.3) is 5.91 Å². The van der Waals surface area contributed by atoms with Gasteiger partial charge in [0, 0.05) is 17.2 Å². The number of nitrogens with zero attached hydrogens (tertiary/aromatic N) is 2. The van der Waals surface area contributed by atoms with Crippen molar-refractivity contribution in [2.24, 2.45) is 5.10 Å². The van der Waals surface area contributed by atoms with Crippen LogP contribution in [0.2, 0.25) is 0 Å². The van der Waals surface area contributed by atoms with Crippen LogP contribution in [0, 0.1) is 0 Å². The van der Waals surface area contributed by atoms with Crippen molar-refractivity contribution in [1.82, 2.24) is 10.4 Å². The molecule has 0 saturated carbocycles. The number of amides is 1. The highest BCUT2D eigenvalue weighted by Gasteiger charge is 2.13. The Morgan fingerprint density at radius 3 is 2.33 bits per heavy atom. The normalized spacial score (nSPS) is 11.1. The molecule has 0 bridgehead atoms. The fourth-order valence-corrected chi connectivity index (χ4v) is 3.33. The Morgan fingerprint density at radius 1 is 0.900 bits per heavy atom. The van der Waals surface area contributed by atoms with Gasteiger partial charge in [0.1, 0.15) is 0 Å². The zero-order valence-electron chi connectivity index (χ0n) is 16.9. The Kier molecular flexibility index (Phi) is 5.95. The first-order valence-corrected chi connectivity index (χ1v) is 10.1. The number of unbranched alkanes of at least 4 members (excludes halogenated alkanes) is 1. The summed E-state index contributed by atoms with van der Waals surface area (Å²) in [7, 11) is 0. The molecule has 1 heterocycles. The Labute approximate surface area is 176 Å². The topological polar surface area (TPSA) is 54.4 Å². The molecule has 4 aromatic rings. The molecule has 0 aliphatic carbocycles. The molecule has 0 saturated heterocycles. The zero-order valence-corrected chi connectivity index (χ0v) is 16.9. The lowest BCUT2D eigenvalue weighted by Crippen LogP contribution is -2.18. The number of pyridine rings is 1. The number of fused-ring (bicyclic) bond motifs is 1. The molecule has 4 heteroatoms. The monoisotopic (exact) mass is 393 g/mol. The second-order valence-corrected chi connectivity index (χ2v) is 7.06. The van der Waals surface area contributed by atoms with Crippen molar-refractivity contribution < 1.29 is 4.79 Å². The molecule has 1 amide bonds. The Hall–Kier alpha value is -3.79. The van der Waals surface area contributed by atoms with E-state index in [0.717, 1.165) is 40.6 Å². The summed E-state index contributed by atoms with van der Waals surface area (Å²) in [6.07, 6.45) is 3.54. The smallest absolute Gasteiger partial charge is 0.267 e. The third kappa shape index (κ3) is 4.28. The van der Waals surface area contributed by atoms with Crippen LogP contribution in [0.5, 0.6) is 0 Å². The van der Waals surface area contributed by atoms with Gasteiger partial charge >= 0.3 is 0 Å². The average Bonchev–Trinajstić information content (AvgIpc) is 2.81. The minimum atomic E-state index is -0.233. The van der Waals surface area contributed by atoms with Gasteiger partial charge in [-0.1, -0.05) is 86.1 Å². The van der Waals surface area contributed by atoms with Gasteiger partial charge < -0.3 is 0 Å². The van der Waals surface area contributed by atoms with Crippen molar-refractivity contribution in [2.45, 2.75) is 19.8 Å². The summed E-state index contributed by atoms with van der Waals surface area (Å²) in [6.45, 7) is 2.07. The van der Waals surface area contributed by atoms with Gasteiger partial charge in [-0.2, -0.15) is 5.10 Å². The number of rotatable bonds is 6.